The monoisotopic (exact) mass is 323 g/mol. The minimum atomic E-state index is -0.145. The van der Waals surface area contributed by atoms with E-state index in [2.05, 4.69) is 10.6 Å². The van der Waals surface area contributed by atoms with Gasteiger partial charge in [0.05, 0.1) is 6.04 Å². The lowest BCUT2D eigenvalue weighted by atomic mass is 10.1. The topological polar surface area (TPSA) is 84.2 Å². The molecule has 1 aliphatic rings. The first kappa shape index (κ1) is 16.1. The van der Waals surface area contributed by atoms with Gasteiger partial charge in [-0.3, -0.25) is 9.59 Å². The zero-order valence-electron chi connectivity index (χ0n) is 13.6. The Morgan fingerprint density at radius 1 is 1.04 bits per heavy atom. The highest BCUT2D eigenvalue weighted by Gasteiger charge is 2.29. The second-order valence-electron chi connectivity index (χ2n) is 6.20. The number of nitrogen functional groups attached to an aromatic ring is 1. The number of anilines is 2. The van der Waals surface area contributed by atoms with Crippen LogP contribution in [0.3, 0.4) is 0 Å². The molecule has 4 N–H and O–H groups in total. The Bertz CT molecular complexity index is 734. The van der Waals surface area contributed by atoms with Crippen LogP contribution in [0.2, 0.25) is 0 Å². The van der Waals surface area contributed by atoms with E-state index in [9.17, 15) is 9.59 Å². The lowest BCUT2D eigenvalue weighted by Gasteiger charge is -2.15. The molecule has 2 aromatic rings. The third kappa shape index (κ3) is 3.93. The normalized spacial score (nSPS) is 14.7. The number of nitrogens with one attached hydrogen (secondary N) is 2. The summed E-state index contributed by atoms with van der Waals surface area (Å²) >= 11 is 0. The van der Waals surface area contributed by atoms with E-state index in [-0.39, 0.29) is 23.8 Å². The molecule has 0 spiro atoms. The van der Waals surface area contributed by atoms with Gasteiger partial charge >= 0.3 is 0 Å². The summed E-state index contributed by atoms with van der Waals surface area (Å²) in [6.07, 6.45) is 1.97. The molecule has 1 saturated carbocycles. The molecule has 124 valence electrons. The summed E-state index contributed by atoms with van der Waals surface area (Å²) in [5.41, 5.74) is 8.59. The molecule has 0 heterocycles. The second kappa shape index (κ2) is 6.74. The molecule has 2 amide bonds. The molecule has 1 aliphatic carbocycles. The number of amides is 2. The van der Waals surface area contributed by atoms with Gasteiger partial charge in [-0.1, -0.05) is 12.1 Å². The maximum absolute atomic E-state index is 12.2. The first-order valence-corrected chi connectivity index (χ1v) is 8.10. The van der Waals surface area contributed by atoms with Crippen LogP contribution in [-0.4, -0.2) is 11.8 Å². The average molecular weight is 323 g/mol. The SMILES string of the molecule is CC(NC(=O)c1ccc(N)cc1)c1ccc(NC(=O)C2CC2)cc1. The molecule has 1 atom stereocenters. The van der Waals surface area contributed by atoms with E-state index < -0.39 is 0 Å². The Morgan fingerprint density at radius 3 is 2.25 bits per heavy atom. The first-order valence-electron chi connectivity index (χ1n) is 8.10. The molecule has 1 fully saturated rings. The van der Waals surface area contributed by atoms with Gasteiger partial charge in [0.1, 0.15) is 0 Å². The van der Waals surface area contributed by atoms with Crippen molar-refractivity contribution in [3.63, 3.8) is 0 Å². The van der Waals surface area contributed by atoms with Gasteiger partial charge in [0.2, 0.25) is 5.91 Å². The molecular weight excluding hydrogens is 302 g/mol. The third-order valence-electron chi connectivity index (χ3n) is 4.15. The van der Waals surface area contributed by atoms with Crippen molar-refractivity contribution in [2.75, 3.05) is 11.1 Å². The van der Waals surface area contributed by atoms with Crippen LogP contribution in [0, 0.1) is 5.92 Å². The summed E-state index contributed by atoms with van der Waals surface area (Å²) in [5, 5.41) is 5.86. The number of benzene rings is 2. The first-order chi connectivity index (χ1) is 11.5. The quantitative estimate of drug-likeness (QED) is 0.739. The van der Waals surface area contributed by atoms with Crippen LogP contribution in [0.25, 0.3) is 0 Å². The van der Waals surface area contributed by atoms with E-state index in [1.54, 1.807) is 24.3 Å². The molecule has 5 nitrogen and oxygen atoms in total. The van der Waals surface area contributed by atoms with Gasteiger partial charge in [0.15, 0.2) is 0 Å². The molecule has 0 aliphatic heterocycles. The summed E-state index contributed by atoms with van der Waals surface area (Å²) < 4.78 is 0. The fourth-order valence-electron chi connectivity index (χ4n) is 2.44. The minimum absolute atomic E-state index is 0.0902. The Kier molecular flexibility index (Phi) is 4.51. The highest BCUT2D eigenvalue weighted by Crippen LogP contribution is 2.30. The van der Waals surface area contributed by atoms with Crippen molar-refractivity contribution < 1.29 is 9.59 Å². The van der Waals surface area contributed by atoms with Crippen LogP contribution < -0.4 is 16.4 Å². The van der Waals surface area contributed by atoms with Crippen molar-refractivity contribution in [2.45, 2.75) is 25.8 Å². The van der Waals surface area contributed by atoms with Gasteiger partial charge in [-0.2, -0.15) is 0 Å². The maximum atomic E-state index is 12.2. The van der Waals surface area contributed by atoms with E-state index in [0.29, 0.717) is 11.3 Å². The van der Waals surface area contributed by atoms with Gasteiger partial charge in [-0.15, -0.1) is 0 Å². The molecule has 5 heteroatoms. The number of nitrogens with two attached hydrogens (primary N) is 1. The molecule has 24 heavy (non-hydrogen) atoms. The van der Waals surface area contributed by atoms with Crippen molar-refractivity contribution in [1.29, 1.82) is 0 Å². The van der Waals surface area contributed by atoms with Crippen LogP contribution in [0.4, 0.5) is 11.4 Å². The number of hydrogen-bond acceptors (Lipinski definition) is 3. The summed E-state index contributed by atoms with van der Waals surface area (Å²) in [4.78, 5) is 24.0. The third-order valence-corrected chi connectivity index (χ3v) is 4.15. The fraction of sp³-hybridized carbons (Fsp3) is 0.263. The number of hydrogen-bond donors (Lipinski definition) is 3. The highest BCUT2D eigenvalue weighted by atomic mass is 16.2. The molecule has 0 aromatic heterocycles. The molecule has 2 aromatic carbocycles. The van der Waals surface area contributed by atoms with Crippen LogP contribution in [0.15, 0.2) is 48.5 Å². The van der Waals surface area contributed by atoms with Crippen LogP contribution >= 0.6 is 0 Å². The van der Waals surface area contributed by atoms with Crippen molar-refractivity contribution in [3.05, 3.63) is 59.7 Å². The van der Waals surface area contributed by atoms with Crippen molar-refractivity contribution >= 4 is 23.2 Å². The number of rotatable bonds is 5. The minimum Gasteiger partial charge on any atom is -0.399 e. The van der Waals surface area contributed by atoms with E-state index in [1.807, 2.05) is 31.2 Å². The van der Waals surface area contributed by atoms with Gasteiger partial charge in [0, 0.05) is 22.9 Å². The standard InChI is InChI=1S/C19H21N3O2/c1-12(21-18(23)15-4-8-16(20)9-5-15)13-6-10-17(11-7-13)22-19(24)14-2-3-14/h4-12,14H,2-3,20H2,1H3,(H,21,23)(H,22,24). The molecule has 0 bridgehead atoms. The van der Waals surface area contributed by atoms with Gasteiger partial charge in [0.25, 0.3) is 5.91 Å². The largest absolute Gasteiger partial charge is 0.399 e. The summed E-state index contributed by atoms with van der Waals surface area (Å²) in [7, 11) is 0. The predicted octanol–water partition coefficient (Wildman–Crippen LogP) is 3.11. The van der Waals surface area contributed by atoms with Crippen LogP contribution in [-0.2, 0) is 4.79 Å². The van der Waals surface area contributed by atoms with E-state index in [0.717, 1.165) is 24.1 Å². The van der Waals surface area contributed by atoms with Crippen molar-refractivity contribution in [1.82, 2.24) is 5.32 Å². The van der Waals surface area contributed by atoms with Gasteiger partial charge < -0.3 is 16.4 Å². The average Bonchev–Trinajstić information content (AvgIpc) is 3.41. The highest BCUT2D eigenvalue weighted by molar-refractivity contribution is 5.95. The van der Waals surface area contributed by atoms with E-state index in [4.69, 9.17) is 5.73 Å². The summed E-state index contributed by atoms with van der Waals surface area (Å²) in [5.74, 6) is 0.129. The summed E-state index contributed by atoms with van der Waals surface area (Å²) in [6, 6.07) is 14.2. The van der Waals surface area contributed by atoms with Crippen LogP contribution in [0.1, 0.15) is 41.7 Å². The zero-order valence-corrected chi connectivity index (χ0v) is 13.6. The van der Waals surface area contributed by atoms with Crippen molar-refractivity contribution in [2.24, 2.45) is 5.92 Å². The maximum Gasteiger partial charge on any atom is 0.251 e. The van der Waals surface area contributed by atoms with Gasteiger partial charge in [-0.05, 0) is 61.7 Å². The van der Waals surface area contributed by atoms with Crippen molar-refractivity contribution in [3.8, 4) is 0 Å². The smallest absolute Gasteiger partial charge is 0.251 e. The molecule has 3 rings (SSSR count). The molecule has 0 radical (unpaired) electrons. The fourth-order valence-corrected chi connectivity index (χ4v) is 2.44. The molecule has 1 unspecified atom stereocenters. The Morgan fingerprint density at radius 2 is 1.67 bits per heavy atom. The Hall–Kier alpha value is -2.82. The van der Waals surface area contributed by atoms with E-state index in [1.165, 1.54) is 0 Å². The van der Waals surface area contributed by atoms with Crippen LogP contribution in [0.5, 0.6) is 0 Å². The molecular formula is C19H21N3O2. The lowest BCUT2D eigenvalue weighted by Crippen LogP contribution is -2.26. The second-order valence-corrected chi connectivity index (χ2v) is 6.20. The summed E-state index contributed by atoms with van der Waals surface area (Å²) in [6.45, 7) is 1.92. The zero-order chi connectivity index (χ0) is 17.1. The van der Waals surface area contributed by atoms with Gasteiger partial charge in [-0.25, -0.2) is 0 Å². The number of carbonyl (C=O) groups excluding carboxylic acids is 2. The lowest BCUT2D eigenvalue weighted by molar-refractivity contribution is -0.117. The van der Waals surface area contributed by atoms with E-state index >= 15 is 0 Å². The Balaban J connectivity index is 1.59. The molecule has 0 saturated heterocycles. The number of carbonyl (C=O) groups is 2. The predicted molar refractivity (Wildman–Crippen MR) is 94.5 cm³/mol. The Labute approximate surface area is 141 Å².